The van der Waals surface area contributed by atoms with Gasteiger partial charge in [0.05, 0.1) is 18.8 Å². The predicted molar refractivity (Wildman–Crippen MR) is 87.8 cm³/mol. The Morgan fingerprint density at radius 2 is 2.13 bits per heavy atom. The van der Waals surface area contributed by atoms with Gasteiger partial charge in [-0.25, -0.2) is 0 Å². The van der Waals surface area contributed by atoms with Crippen LogP contribution in [0.3, 0.4) is 0 Å². The van der Waals surface area contributed by atoms with E-state index in [0.717, 1.165) is 24.3 Å². The molecule has 0 spiro atoms. The van der Waals surface area contributed by atoms with Crippen LogP contribution in [0, 0.1) is 0 Å². The normalized spacial score (nSPS) is 12.9. The van der Waals surface area contributed by atoms with Crippen LogP contribution < -0.4 is 5.32 Å². The maximum atomic E-state index is 12.9. The molecular weight excluding hydrogens is 290 g/mol. The summed E-state index contributed by atoms with van der Waals surface area (Å²) in [6.07, 6.45) is 1.75. The first-order valence-electron chi connectivity index (χ1n) is 7.78. The standard InChI is InChI=1S/C18H21N3O2/c1-23-9-8-21(13-17-4-2-3-7-20-17)18(22)14-5-6-15-11-19-12-16(15)10-14/h2-7,10,19H,8-9,11-13H2,1H3. The van der Waals surface area contributed by atoms with Gasteiger partial charge in [-0.15, -0.1) is 0 Å². The number of carbonyl (C=O) groups excluding carboxylic acids is 1. The molecule has 0 fully saturated rings. The third-order valence-electron chi connectivity index (χ3n) is 4.02. The minimum Gasteiger partial charge on any atom is -0.383 e. The maximum Gasteiger partial charge on any atom is 0.254 e. The summed E-state index contributed by atoms with van der Waals surface area (Å²) < 4.78 is 5.15. The van der Waals surface area contributed by atoms with E-state index in [1.54, 1.807) is 18.2 Å². The van der Waals surface area contributed by atoms with Gasteiger partial charge >= 0.3 is 0 Å². The fraction of sp³-hybridized carbons (Fsp3) is 0.333. The Hall–Kier alpha value is -2.24. The molecule has 3 rings (SSSR count). The van der Waals surface area contributed by atoms with E-state index < -0.39 is 0 Å². The molecule has 0 atom stereocenters. The largest absolute Gasteiger partial charge is 0.383 e. The van der Waals surface area contributed by atoms with Gasteiger partial charge in [0.25, 0.3) is 5.91 Å². The summed E-state index contributed by atoms with van der Waals surface area (Å²) in [5.41, 5.74) is 4.08. The van der Waals surface area contributed by atoms with E-state index in [1.165, 1.54) is 11.1 Å². The number of hydrogen-bond donors (Lipinski definition) is 1. The lowest BCUT2D eigenvalue weighted by Gasteiger charge is -2.22. The molecule has 1 N–H and O–H groups in total. The van der Waals surface area contributed by atoms with Crippen molar-refractivity contribution >= 4 is 5.91 Å². The SMILES string of the molecule is COCCN(Cc1ccccn1)C(=O)c1ccc2c(c1)CNC2. The van der Waals surface area contributed by atoms with Gasteiger partial charge in [-0.05, 0) is 35.4 Å². The Morgan fingerprint density at radius 3 is 2.91 bits per heavy atom. The van der Waals surface area contributed by atoms with Crippen LogP contribution in [0.1, 0.15) is 27.2 Å². The summed E-state index contributed by atoms with van der Waals surface area (Å²) in [6, 6.07) is 11.7. The minimum absolute atomic E-state index is 0.0161. The van der Waals surface area contributed by atoms with E-state index in [2.05, 4.69) is 10.3 Å². The summed E-state index contributed by atoms with van der Waals surface area (Å²) in [4.78, 5) is 19.0. The van der Waals surface area contributed by atoms with E-state index >= 15 is 0 Å². The third kappa shape index (κ3) is 3.75. The molecule has 0 saturated heterocycles. The Labute approximate surface area is 136 Å². The van der Waals surface area contributed by atoms with Crippen molar-refractivity contribution in [3.05, 3.63) is 65.0 Å². The first-order chi connectivity index (χ1) is 11.3. The van der Waals surface area contributed by atoms with Crippen LogP contribution >= 0.6 is 0 Å². The average molecular weight is 311 g/mol. The lowest BCUT2D eigenvalue weighted by atomic mass is 10.1. The van der Waals surface area contributed by atoms with Crippen LogP contribution in [-0.4, -0.2) is 36.1 Å². The van der Waals surface area contributed by atoms with Gasteiger partial charge in [-0.1, -0.05) is 12.1 Å². The zero-order chi connectivity index (χ0) is 16.1. The Morgan fingerprint density at radius 1 is 1.26 bits per heavy atom. The second-order valence-electron chi connectivity index (χ2n) is 5.63. The van der Waals surface area contributed by atoms with Crippen molar-refractivity contribution in [3.8, 4) is 0 Å². The summed E-state index contributed by atoms with van der Waals surface area (Å²) in [6.45, 7) is 3.24. The number of ether oxygens (including phenoxy) is 1. The van der Waals surface area contributed by atoms with Gasteiger partial charge in [-0.3, -0.25) is 9.78 Å². The van der Waals surface area contributed by atoms with E-state index in [0.29, 0.717) is 19.7 Å². The van der Waals surface area contributed by atoms with E-state index in [4.69, 9.17) is 4.74 Å². The second-order valence-corrected chi connectivity index (χ2v) is 5.63. The molecule has 0 unspecified atom stereocenters. The Kier molecular flexibility index (Phi) is 5.00. The molecule has 1 aromatic carbocycles. The fourth-order valence-electron chi connectivity index (χ4n) is 2.75. The van der Waals surface area contributed by atoms with Crippen molar-refractivity contribution in [2.45, 2.75) is 19.6 Å². The predicted octanol–water partition coefficient (Wildman–Crippen LogP) is 1.97. The number of rotatable bonds is 6. The van der Waals surface area contributed by atoms with Crippen molar-refractivity contribution in [1.29, 1.82) is 0 Å². The molecule has 1 amide bonds. The van der Waals surface area contributed by atoms with Crippen molar-refractivity contribution in [2.24, 2.45) is 0 Å². The van der Waals surface area contributed by atoms with Crippen LogP contribution in [0.2, 0.25) is 0 Å². The van der Waals surface area contributed by atoms with E-state index in [9.17, 15) is 4.79 Å². The highest BCUT2D eigenvalue weighted by Gasteiger charge is 2.19. The molecule has 120 valence electrons. The van der Waals surface area contributed by atoms with Crippen LogP contribution in [0.15, 0.2) is 42.6 Å². The fourth-order valence-corrected chi connectivity index (χ4v) is 2.75. The Balaban J connectivity index is 1.79. The van der Waals surface area contributed by atoms with Crippen molar-refractivity contribution < 1.29 is 9.53 Å². The van der Waals surface area contributed by atoms with Gasteiger partial charge in [0.15, 0.2) is 0 Å². The van der Waals surface area contributed by atoms with Crippen molar-refractivity contribution in [2.75, 3.05) is 20.3 Å². The number of fused-ring (bicyclic) bond motifs is 1. The average Bonchev–Trinajstić information content (AvgIpc) is 3.06. The van der Waals surface area contributed by atoms with E-state index in [1.807, 2.05) is 36.4 Å². The van der Waals surface area contributed by atoms with Crippen LogP contribution in [-0.2, 0) is 24.4 Å². The number of methoxy groups -OCH3 is 1. The molecule has 0 radical (unpaired) electrons. The van der Waals surface area contributed by atoms with E-state index in [-0.39, 0.29) is 5.91 Å². The molecule has 2 heterocycles. The summed E-state index contributed by atoms with van der Waals surface area (Å²) in [5.74, 6) is 0.0161. The minimum atomic E-state index is 0.0161. The van der Waals surface area contributed by atoms with Gasteiger partial charge in [0, 0.05) is 38.5 Å². The lowest BCUT2D eigenvalue weighted by molar-refractivity contribution is 0.0678. The number of nitrogens with zero attached hydrogens (tertiary/aromatic N) is 2. The number of aromatic nitrogens is 1. The molecule has 1 aromatic heterocycles. The number of amides is 1. The molecule has 5 nitrogen and oxygen atoms in total. The molecule has 2 aromatic rings. The number of nitrogens with one attached hydrogen (secondary N) is 1. The van der Waals surface area contributed by atoms with Crippen LogP contribution in [0.4, 0.5) is 0 Å². The maximum absolute atomic E-state index is 12.9. The van der Waals surface area contributed by atoms with Crippen LogP contribution in [0.25, 0.3) is 0 Å². The zero-order valence-corrected chi connectivity index (χ0v) is 13.3. The molecule has 1 aliphatic rings. The Bertz CT molecular complexity index is 673. The molecule has 0 saturated carbocycles. The first-order valence-corrected chi connectivity index (χ1v) is 7.78. The quantitative estimate of drug-likeness (QED) is 0.886. The number of hydrogen-bond acceptors (Lipinski definition) is 4. The molecular formula is C18H21N3O2. The molecule has 0 aliphatic carbocycles. The number of pyridine rings is 1. The molecule has 5 heteroatoms. The highest BCUT2D eigenvalue weighted by Crippen LogP contribution is 2.18. The monoisotopic (exact) mass is 311 g/mol. The van der Waals surface area contributed by atoms with Gasteiger partial charge < -0.3 is 15.0 Å². The van der Waals surface area contributed by atoms with Gasteiger partial charge in [0.2, 0.25) is 0 Å². The lowest BCUT2D eigenvalue weighted by Crippen LogP contribution is -2.33. The van der Waals surface area contributed by atoms with Gasteiger partial charge in [0.1, 0.15) is 0 Å². The first kappa shape index (κ1) is 15.6. The van der Waals surface area contributed by atoms with Crippen LogP contribution in [0.5, 0.6) is 0 Å². The van der Waals surface area contributed by atoms with Gasteiger partial charge in [-0.2, -0.15) is 0 Å². The van der Waals surface area contributed by atoms with Crippen molar-refractivity contribution in [1.82, 2.24) is 15.2 Å². The number of carbonyl (C=O) groups is 1. The molecule has 23 heavy (non-hydrogen) atoms. The second kappa shape index (κ2) is 7.35. The number of benzene rings is 1. The summed E-state index contributed by atoms with van der Waals surface area (Å²) in [5, 5.41) is 3.30. The highest BCUT2D eigenvalue weighted by atomic mass is 16.5. The summed E-state index contributed by atoms with van der Waals surface area (Å²) >= 11 is 0. The smallest absolute Gasteiger partial charge is 0.254 e. The summed E-state index contributed by atoms with van der Waals surface area (Å²) in [7, 11) is 1.64. The molecule has 0 bridgehead atoms. The third-order valence-corrected chi connectivity index (χ3v) is 4.02. The van der Waals surface area contributed by atoms with Crippen molar-refractivity contribution in [3.63, 3.8) is 0 Å². The zero-order valence-electron chi connectivity index (χ0n) is 13.3. The molecule has 1 aliphatic heterocycles. The highest BCUT2D eigenvalue weighted by molar-refractivity contribution is 5.94. The topological polar surface area (TPSA) is 54.5 Å².